The summed E-state index contributed by atoms with van der Waals surface area (Å²) in [5, 5.41) is 4.15. The summed E-state index contributed by atoms with van der Waals surface area (Å²) < 4.78 is 17.5. The SMILES string of the molecule is CNC(=O)c1cccc(SNc2ccc(Cl)c3c(Cl)c[nH]c23)c1F.c1ccc2c(c1)CC2. The van der Waals surface area contributed by atoms with Crippen LogP contribution in [0.25, 0.3) is 10.9 Å². The van der Waals surface area contributed by atoms with Crippen LogP contribution in [0.3, 0.4) is 0 Å². The molecule has 0 atom stereocenters. The quantitative estimate of drug-likeness (QED) is 0.275. The van der Waals surface area contributed by atoms with E-state index in [-0.39, 0.29) is 5.56 Å². The maximum Gasteiger partial charge on any atom is 0.254 e. The fourth-order valence-corrected chi connectivity index (χ4v) is 4.70. The van der Waals surface area contributed by atoms with Crippen LogP contribution in [0.4, 0.5) is 10.1 Å². The first kappa shape index (κ1) is 22.5. The summed E-state index contributed by atoms with van der Waals surface area (Å²) in [6.45, 7) is 0. The van der Waals surface area contributed by atoms with E-state index in [2.05, 4.69) is 39.3 Å². The van der Waals surface area contributed by atoms with Crippen LogP contribution in [0, 0.1) is 5.82 Å². The molecule has 0 saturated heterocycles. The second-order valence-corrected chi connectivity index (χ2v) is 8.81. The molecule has 1 amide bonds. The lowest BCUT2D eigenvalue weighted by molar-refractivity contribution is 0.0958. The molecular weight excluding hydrogens is 468 g/mol. The van der Waals surface area contributed by atoms with Crippen LogP contribution in [-0.2, 0) is 12.8 Å². The zero-order valence-electron chi connectivity index (χ0n) is 17.1. The van der Waals surface area contributed by atoms with E-state index in [1.165, 1.54) is 26.0 Å². The minimum absolute atomic E-state index is 0.00605. The Labute approximate surface area is 199 Å². The molecule has 8 heteroatoms. The maximum atomic E-state index is 14.4. The van der Waals surface area contributed by atoms with Gasteiger partial charge in [-0.2, -0.15) is 0 Å². The molecule has 0 fully saturated rings. The Morgan fingerprint density at radius 1 is 1.00 bits per heavy atom. The fraction of sp³-hybridized carbons (Fsp3) is 0.125. The molecule has 3 aromatic carbocycles. The van der Waals surface area contributed by atoms with Crippen molar-refractivity contribution in [2.24, 2.45) is 0 Å². The van der Waals surface area contributed by atoms with Gasteiger partial charge < -0.3 is 15.0 Å². The topological polar surface area (TPSA) is 56.9 Å². The molecule has 4 aromatic rings. The largest absolute Gasteiger partial charge is 0.358 e. The van der Waals surface area contributed by atoms with Gasteiger partial charge in [0, 0.05) is 18.6 Å². The summed E-state index contributed by atoms with van der Waals surface area (Å²) >= 11 is 13.3. The van der Waals surface area contributed by atoms with Crippen LogP contribution >= 0.6 is 35.1 Å². The lowest BCUT2D eigenvalue weighted by Crippen LogP contribution is -2.19. The summed E-state index contributed by atoms with van der Waals surface area (Å²) in [7, 11) is 1.46. The molecule has 4 nitrogen and oxygen atoms in total. The van der Waals surface area contributed by atoms with Gasteiger partial charge in [-0.25, -0.2) is 4.39 Å². The number of benzene rings is 3. The predicted octanol–water partition coefficient (Wildman–Crippen LogP) is 6.88. The van der Waals surface area contributed by atoms with E-state index < -0.39 is 11.7 Å². The van der Waals surface area contributed by atoms with E-state index in [1.54, 1.807) is 41.6 Å². The van der Waals surface area contributed by atoms with Crippen molar-refractivity contribution in [2.75, 3.05) is 11.8 Å². The number of H-pyrrole nitrogens is 1. The summed E-state index contributed by atoms with van der Waals surface area (Å²) in [6, 6.07) is 16.8. The number of nitrogens with one attached hydrogen (secondary N) is 3. The molecule has 32 heavy (non-hydrogen) atoms. The van der Waals surface area contributed by atoms with Gasteiger partial charge in [-0.05, 0) is 60.2 Å². The zero-order chi connectivity index (χ0) is 22.7. The number of aromatic nitrogens is 1. The van der Waals surface area contributed by atoms with E-state index in [0.29, 0.717) is 26.0 Å². The Morgan fingerprint density at radius 3 is 2.34 bits per heavy atom. The first-order chi connectivity index (χ1) is 15.5. The molecule has 0 spiro atoms. The highest BCUT2D eigenvalue weighted by Crippen LogP contribution is 2.36. The number of fused-ring (bicyclic) bond motifs is 2. The number of rotatable bonds is 4. The van der Waals surface area contributed by atoms with Crippen molar-refractivity contribution in [3.63, 3.8) is 0 Å². The Kier molecular flexibility index (Phi) is 6.94. The molecule has 0 unspecified atom stereocenters. The molecule has 3 N–H and O–H groups in total. The smallest absolute Gasteiger partial charge is 0.254 e. The normalized spacial score (nSPS) is 11.8. The molecule has 1 heterocycles. The van der Waals surface area contributed by atoms with Gasteiger partial charge in [0.15, 0.2) is 5.82 Å². The van der Waals surface area contributed by atoms with E-state index >= 15 is 0 Å². The van der Waals surface area contributed by atoms with Crippen molar-refractivity contribution in [1.29, 1.82) is 0 Å². The average molecular weight is 488 g/mol. The van der Waals surface area contributed by atoms with E-state index in [9.17, 15) is 9.18 Å². The number of amides is 1. The van der Waals surface area contributed by atoms with Gasteiger partial charge in [-0.15, -0.1) is 0 Å². The highest BCUT2D eigenvalue weighted by Gasteiger charge is 2.15. The molecule has 0 radical (unpaired) electrons. The summed E-state index contributed by atoms with van der Waals surface area (Å²) in [5.74, 6) is -1.05. The molecule has 1 aromatic heterocycles. The third-order valence-corrected chi connectivity index (χ3v) is 6.69. The fourth-order valence-electron chi connectivity index (χ4n) is 3.40. The van der Waals surface area contributed by atoms with Crippen molar-refractivity contribution in [2.45, 2.75) is 17.7 Å². The van der Waals surface area contributed by atoms with E-state index in [4.69, 9.17) is 23.2 Å². The van der Waals surface area contributed by atoms with Gasteiger partial charge in [0.1, 0.15) is 0 Å². The molecular formula is C24H20Cl2FN3OS. The van der Waals surface area contributed by atoms with Gasteiger partial charge in [-0.1, -0.05) is 53.5 Å². The second kappa shape index (κ2) is 9.86. The average Bonchev–Trinajstić information content (AvgIpc) is 3.18. The number of hydrogen-bond donors (Lipinski definition) is 3. The molecule has 1 aliphatic rings. The third-order valence-electron chi connectivity index (χ3n) is 5.22. The zero-order valence-corrected chi connectivity index (χ0v) is 19.5. The van der Waals surface area contributed by atoms with Gasteiger partial charge in [-0.3, -0.25) is 4.79 Å². The highest BCUT2D eigenvalue weighted by molar-refractivity contribution is 8.00. The lowest BCUT2D eigenvalue weighted by Gasteiger charge is -2.16. The van der Waals surface area contributed by atoms with E-state index in [0.717, 1.165) is 17.5 Å². The van der Waals surface area contributed by atoms with Crippen LogP contribution in [0.1, 0.15) is 21.5 Å². The minimum atomic E-state index is -0.580. The minimum Gasteiger partial charge on any atom is -0.358 e. The van der Waals surface area contributed by atoms with E-state index in [1.807, 2.05) is 0 Å². The highest BCUT2D eigenvalue weighted by atomic mass is 35.5. The van der Waals surface area contributed by atoms with Crippen LogP contribution in [0.2, 0.25) is 10.0 Å². The molecule has 1 aliphatic carbocycles. The number of halogens is 3. The van der Waals surface area contributed by atoms with Crippen molar-refractivity contribution in [3.8, 4) is 0 Å². The number of carbonyl (C=O) groups is 1. The maximum absolute atomic E-state index is 14.4. The number of aromatic amines is 1. The van der Waals surface area contributed by atoms with Gasteiger partial charge in [0.05, 0.1) is 31.7 Å². The van der Waals surface area contributed by atoms with Crippen molar-refractivity contribution >= 4 is 57.6 Å². The summed E-state index contributed by atoms with van der Waals surface area (Å²) in [6.07, 6.45) is 4.24. The van der Waals surface area contributed by atoms with Crippen LogP contribution in [-0.4, -0.2) is 17.9 Å². The Morgan fingerprint density at radius 2 is 1.72 bits per heavy atom. The molecule has 0 bridgehead atoms. The Bertz CT molecular complexity index is 1270. The molecule has 5 rings (SSSR count). The van der Waals surface area contributed by atoms with Crippen molar-refractivity contribution in [3.05, 3.63) is 93.3 Å². The van der Waals surface area contributed by atoms with Crippen molar-refractivity contribution < 1.29 is 9.18 Å². The molecule has 0 aliphatic heterocycles. The molecule has 0 saturated carbocycles. The number of aryl methyl sites for hydroxylation is 2. The third kappa shape index (κ3) is 4.58. The first-order valence-electron chi connectivity index (χ1n) is 9.95. The first-order valence-corrected chi connectivity index (χ1v) is 11.5. The van der Waals surface area contributed by atoms with Crippen LogP contribution in [0.15, 0.2) is 65.7 Å². The lowest BCUT2D eigenvalue weighted by atomic mass is 9.89. The number of anilines is 1. The number of carbonyl (C=O) groups excluding carboxylic acids is 1. The van der Waals surface area contributed by atoms with Crippen LogP contribution < -0.4 is 10.0 Å². The van der Waals surface area contributed by atoms with Gasteiger partial charge in [0.25, 0.3) is 5.91 Å². The van der Waals surface area contributed by atoms with Crippen molar-refractivity contribution in [1.82, 2.24) is 10.3 Å². The Hall–Kier alpha value is -2.67. The van der Waals surface area contributed by atoms with Gasteiger partial charge >= 0.3 is 0 Å². The van der Waals surface area contributed by atoms with Crippen LogP contribution in [0.5, 0.6) is 0 Å². The predicted molar refractivity (Wildman–Crippen MR) is 131 cm³/mol. The Balaban J connectivity index is 0.000000254. The summed E-state index contributed by atoms with van der Waals surface area (Å²) in [5.41, 5.74) is 4.52. The monoisotopic (exact) mass is 487 g/mol. The molecule has 164 valence electrons. The second-order valence-electron chi connectivity index (χ2n) is 7.15. The standard InChI is InChI=1S/C16H12Cl2FN3OS.C8H8/c1-20-16(23)8-3-2-4-12(14(8)19)24-22-11-6-5-9(17)13-10(18)7-21-15(11)13;1-2-4-8-6-5-7(8)3-1/h2-7,21-22H,1H3,(H,20,23);1-4H,5-6H2. The number of hydrogen-bond acceptors (Lipinski definition) is 3. The van der Waals surface area contributed by atoms with Gasteiger partial charge in [0.2, 0.25) is 0 Å². The summed E-state index contributed by atoms with van der Waals surface area (Å²) in [4.78, 5) is 15.0.